The second kappa shape index (κ2) is 4.98. The number of nitrogens with one attached hydrogen (secondary N) is 1. The van der Waals surface area contributed by atoms with Crippen molar-refractivity contribution in [1.29, 1.82) is 0 Å². The summed E-state index contributed by atoms with van der Waals surface area (Å²) in [6.07, 6.45) is 2.88. The van der Waals surface area contributed by atoms with Crippen LogP contribution in [0.15, 0.2) is 34.8 Å². The van der Waals surface area contributed by atoms with E-state index in [2.05, 4.69) is 9.71 Å². The molecule has 6 nitrogen and oxygen atoms in total. The maximum Gasteiger partial charge on any atom is 0.347 e. The van der Waals surface area contributed by atoms with Crippen LogP contribution in [0.1, 0.15) is 15.2 Å². The molecule has 0 unspecified atom stereocenters. The third-order valence-electron chi connectivity index (χ3n) is 2.31. The number of nitrogens with zero attached hydrogens (tertiary/aromatic N) is 1. The molecule has 0 fully saturated rings. The Hall–Kier alpha value is -1.93. The molecule has 2 aromatic rings. The number of aromatic carboxylic acids is 1. The van der Waals surface area contributed by atoms with Gasteiger partial charge in [-0.15, -0.1) is 11.3 Å². The van der Waals surface area contributed by atoms with Gasteiger partial charge in [0.05, 0.1) is 5.69 Å². The standard InChI is InChI=1S/C11H10N2O4S2/c1-7-6-18-9(11(14)15)10(7)19(16,17)13-8-2-4-12-5-3-8/h2-6H,1H3,(H,12,13)(H,14,15). The largest absolute Gasteiger partial charge is 0.477 e. The van der Waals surface area contributed by atoms with Crippen LogP contribution in [0, 0.1) is 6.92 Å². The molecule has 8 heteroatoms. The SMILES string of the molecule is Cc1csc(C(=O)O)c1S(=O)(=O)Nc1ccncc1. The summed E-state index contributed by atoms with van der Waals surface area (Å²) in [5, 5.41) is 10.5. The Kier molecular flexibility index (Phi) is 3.54. The Bertz CT molecular complexity index is 708. The first kappa shape index (κ1) is 13.5. The van der Waals surface area contributed by atoms with Crippen LogP contribution >= 0.6 is 11.3 Å². The average molecular weight is 298 g/mol. The Morgan fingerprint density at radius 2 is 2.00 bits per heavy atom. The fourth-order valence-electron chi connectivity index (χ4n) is 1.54. The first-order valence-electron chi connectivity index (χ1n) is 5.16. The molecule has 0 radical (unpaired) electrons. The minimum atomic E-state index is -3.92. The lowest BCUT2D eigenvalue weighted by molar-refractivity contribution is 0.0698. The van der Waals surface area contributed by atoms with E-state index in [4.69, 9.17) is 5.11 Å². The molecule has 0 saturated heterocycles. The van der Waals surface area contributed by atoms with Crippen LogP contribution in [0.4, 0.5) is 5.69 Å². The fraction of sp³-hybridized carbons (Fsp3) is 0.0909. The number of anilines is 1. The molecule has 0 aliphatic carbocycles. The number of aryl methyl sites for hydroxylation is 1. The molecule has 100 valence electrons. The van der Waals surface area contributed by atoms with E-state index in [-0.39, 0.29) is 9.77 Å². The van der Waals surface area contributed by atoms with Gasteiger partial charge in [-0.3, -0.25) is 9.71 Å². The summed E-state index contributed by atoms with van der Waals surface area (Å²) in [7, 11) is -3.92. The highest BCUT2D eigenvalue weighted by atomic mass is 32.2. The number of thiophene rings is 1. The van der Waals surface area contributed by atoms with E-state index < -0.39 is 16.0 Å². The van der Waals surface area contributed by atoms with Crippen molar-refractivity contribution < 1.29 is 18.3 Å². The molecular weight excluding hydrogens is 288 g/mol. The van der Waals surface area contributed by atoms with Crippen molar-refractivity contribution in [1.82, 2.24) is 4.98 Å². The van der Waals surface area contributed by atoms with Gasteiger partial charge in [-0.2, -0.15) is 0 Å². The topological polar surface area (TPSA) is 96.4 Å². The van der Waals surface area contributed by atoms with Crippen molar-refractivity contribution in [2.45, 2.75) is 11.8 Å². The highest BCUT2D eigenvalue weighted by Crippen LogP contribution is 2.28. The quantitative estimate of drug-likeness (QED) is 0.899. The predicted molar refractivity (Wildman–Crippen MR) is 71.1 cm³/mol. The predicted octanol–water partition coefficient (Wildman–Crippen LogP) is 1.95. The van der Waals surface area contributed by atoms with Crippen LogP contribution in [-0.2, 0) is 10.0 Å². The van der Waals surface area contributed by atoms with Crippen molar-refractivity contribution in [3.63, 3.8) is 0 Å². The third kappa shape index (κ3) is 2.74. The van der Waals surface area contributed by atoms with Crippen LogP contribution in [-0.4, -0.2) is 24.5 Å². The van der Waals surface area contributed by atoms with E-state index in [0.717, 1.165) is 11.3 Å². The number of sulfonamides is 1. The molecular formula is C11H10N2O4S2. The lowest BCUT2D eigenvalue weighted by Gasteiger charge is -2.08. The van der Waals surface area contributed by atoms with Crippen molar-refractivity contribution >= 4 is 33.0 Å². The Balaban J connectivity index is 2.46. The molecule has 0 atom stereocenters. The zero-order valence-corrected chi connectivity index (χ0v) is 11.5. The van der Waals surface area contributed by atoms with Gasteiger partial charge in [-0.1, -0.05) is 0 Å². The first-order valence-corrected chi connectivity index (χ1v) is 7.52. The van der Waals surface area contributed by atoms with E-state index in [1.807, 2.05) is 0 Å². The van der Waals surface area contributed by atoms with Crippen molar-refractivity contribution in [2.24, 2.45) is 0 Å². The van der Waals surface area contributed by atoms with Crippen LogP contribution in [0.25, 0.3) is 0 Å². The number of rotatable bonds is 4. The minimum absolute atomic E-state index is 0.193. The van der Waals surface area contributed by atoms with Gasteiger partial charge in [-0.25, -0.2) is 13.2 Å². The highest BCUT2D eigenvalue weighted by molar-refractivity contribution is 7.93. The van der Waals surface area contributed by atoms with E-state index in [9.17, 15) is 13.2 Å². The summed E-state index contributed by atoms with van der Waals surface area (Å²) < 4.78 is 26.8. The van der Waals surface area contributed by atoms with Gasteiger partial charge in [0.1, 0.15) is 9.77 Å². The van der Waals surface area contributed by atoms with Gasteiger partial charge < -0.3 is 5.11 Å². The van der Waals surface area contributed by atoms with Crippen molar-refractivity contribution in [2.75, 3.05) is 4.72 Å². The second-order valence-corrected chi connectivity index (χ2v) is 6.22. The fourth-order valence-corrected chi connectivity index (χ4v) is 4.23. The molecule has 0 saturated carbocycles. The van der Waals surface area contributed by atoms with Crippen LogP contribution in [0.5, 0.6) is 0 Å². The number of hydrogen-bond donors (Lipinski definition) is 2. The van der Waals surface area contributed by atoms with Gasteiger partial charge in [0, 0.05) is 12.4 Å². The molecule has 0 spiro atoms. The lowest BCUT2D eigenvalue weighted by Crippen LogP contribution is -2.16. The van der Waals surface area contributed by atoms with E-state index >= 15 is 0 Å². The molecule has 2 rings (SSSR count). The molecule has 19 heavy (non-hydrogen) atoms. The number of carboxylic acids is 1. The van der Waals surface area contributed by atoms with Gasteiger partial charge in [0.15, 0.2) is 0 Å². The summed E-state index contributed by atoms with van der Waals surface area (Å²) in [6.45, 7) is 1.56. The van der Waals surface area contributed by atoms with Crippen molar-refractivity contribution in [3.05, 3.63) is 40.3 Å². The van der Waals surface area contributed by atoms with Crippen LogP contribution in [0.3, 0.4) is 0 Å². The minimum Gasteiger partial charge on any atom is -0.477 e. The summed E-state index contributed by atoms with van der Waals surface area (Å²) in [4.78, 5) is 14.4. The maximum atomic E-state index is 12.2. The second-order valence-electron chi connectivity index (χ2n) is 3.72. The van der Waals surface area contributed by atoms with E-state index in [1.54, 1.807) is 6.92 Å². The zero-order valence-electron chi connectivity index (χ0n) is 9.82. The first-order chi connectivity index (χ1) is 8.92. The third-order valence-corrected chi connectivity index (χ3v) is 5.10. The number of hydrogen-bond acceptors (Lipinski definition) is 5. The van der Waals surface area contributed by atoms with E-state index in [1.165, 1.54) is 29.9 Å². The van der Waals surface area contributed by atoms with Gasteiger partial charge in [0.25, 0.3) is 10.0 Å². The average Bonchev–Trinajstić information content (AvgIpc) is 2.73. The number of pyridine rings is 1. The summed E-state index contributed by atoms with van der Waals surface area (Å²) >= 11 is 0.891. The maximum absolute atomic E-state index is 12.2. The molecule has 2 heterocycles. The van der Waals surface area contributed by atoms with Gasteiger partial charge in [0.2, 0.25) is 0 Å². The zero-order chi connectivity index (χ0) is 14.0. The van der Waals surface area contributed by atoms with Crippen molar-refractivity contribution in [3.8, 4) is 0 Å². The number of carbonyl (C=O) groups is 1. The highest BCUT2D eigenvalue weighted by Gasteiger charge is 2.26. The van der Waals surface area contributed by atoms with Crippen LogP contribution in [0.2, 0.25) is 0 Å². The molecule has 0 amide bonds. The monoisotopic (exact) mass is 298 g/mol. The number of carboxylic acid groups (broad SMARTS) is 1. The normalized spacial score (nSPS) is 11.2. The molecule has 0 bridgehead atoms. The van der Waals surface area contributed by atoms with E-state index in [0.29, 0.717) is 11.3 Å². The van der Waals surface area contributed by atoms with Gasteiger partial charge in [-0.05, 0) is 30.0 Å². The van der Waals surface area contributed by atoms with Crippen LogP contribution < -0.4 is 4.72 Å². The Labute approximate surface area is 113 Å². The lowest BCUT2D eigenvalue weighted by atomic mass is 10.3. The molecule has 0 aromatic carbocycles. The molecule has 0 aliphatic heterocycles. The summed E-state index contributed by atoms with van der Waals surface area (Å²) in [6, 6.07) is 2.97. The summed E-state index contributed by atoms with van der Waals surface area (Å²) in [5.41, 5.74) is 0.737. The summed E-state index contributed by atoms with van der Waals surface area (Å²) in [5.74, 6) is -1.26. The molecule has 0 aliphatic rings. The Morgan fingerprint density at radius 1 is 1.37 bits per heavy atom. The smallest absolute Gasteiger partial charge is 0.347 e. The molecule has 2 aromatic heterocycles. The van der Waals surface area contributed by atoms with Gasteiger partial charge >= 0.3 is 5.97 Å². The Morgan fingerprint density at radius 3 is 2.58 bits per heavy atom. The molecule has 2 N–H and O–H groups in total. The number of aromatic nitrogens is 1.